The number of hydrogen-bond donors (Lipinski definition) is 2. The first-order valence-electron chi connectivity index (χ1n) is 5.91. The second-order valence-electron chi connectivity index (χ2n) is 3.93. The molecule has 6 heteroatoms. The molecule has 0 radical (unpaired) electrons. The van der Waals surface area contributed by atoms with Crippen LogP contribution in [0.25, 0.3) is 0 Å². The number of ether oxygens (including phenoxy) is 1. The molecule has 0 bridgehead atoms. The van der Waals surface area contributed by atoms with E-state index >= 15 is 0 Å². The Morgan fingerprint density at radius 3 is 2.68 bits per heavy atom. The number of methoxy groups -OCH3 is 1. The van der Waals surface area contributed by atoms with E-state index in [0.717, 1.165) is 4.47 Å². The van der Waals surface area contributed by atoms with Crippen LogP contribution >= 0.6 is 15.9 Å². The van der Waals surface area contributed by atoms with Gasteiger partial charge in [-0.1, -0.05) is 15.9 Å². The molecule has 1 aromatic rings. The molecule has 5 nitrogen and oxygen atoms in total. The highest BCUT2D eigenvalue weighted by Gasteiger charge is 2.18. The summed E-state index contributed by atoms with van der Waals surface area (Å²) >= 11 is 3.31. The lowest BCUT2D eigenvalue weighted by Crippen LogP contribution is -2.44. The van der Waals surface area contributed by atoms with E-state index in [2.05, 4.69) is 26.6 Å². The van der Waals surface area contributed by atoms with E-state index in [-0.39, 0.29) is 11.8 Å². The fraction of sp³-hybridized carbons (Fsp3) is 0.385. The first-order chi connectivity index (χ1) is 8.99. The Kier molecular flexibility index (Phi) is 5.82. The summed E-state index contributed by atoms with van der Waals surface area (Å²) in [6.45, 7) is 3.99. The molecule has 1 aromatic carbocycles. The van der Waals surface area contributed by atoms with Crippen LogP contribution < -0.4 is 15.4 Å². The predicted molar refractivity (Wildman–Crippen MR) is 76.3 cm³/mol. The van der Waals surface area contributed by atoms with Crippen molar-refractivity contribution in [2.75, 3.05) is 13.7 Å². The minimum atomic E-state index is -0.596. The second kappa shape index (κ2) is 7.13. The molecule has 0 saturated carbocycles. The highest BCUT2D eigenvalue weighted by atomic mass is 79.9. The molecule has 0 fully saturated rings. The Balaban J connectivity index is 2.81. The van der Waals surface area contributed by atoms with Crippen LogP contribution in [-0.4, -0.2) is 31.5 Å². The van der Waals surface area contributed by atoms with E-state index in [4.69, 9.17) is 4.74 Å². The fourth-order valence-corrected chi connectivity index (χ4v) is 1.86. The summed E-state index contributed by atoms with van der Waals surface area (Å²) in [5, 5.41) is 5.28. The number of carbonyl (C=O) groups is 2. The van der Waals surface area contributed by atoms with Gasteiger partial charge in [-0.25, -0.2) is 0 Å². The van der Waals surface area contributed by atoms with E-state index in [1.54, 1.807) is 25.1 Å². The van der Waals surface area contributed by atoms with Crippen LogP contribution in [0.5, 0.6) is 5.75 Å². The number of likely N-dealkylation sites (N-methyl/N-ethyl adjacent to an activating group) is 1. The molecule has 1 rings (SSSR count). The molecule has 0 aliphatic carbocycles. The number of benzene rings is 1. The monoisotopic (exact) mass is 328 g/mol. The maximum Gasteiger partial charge on any atom is 0.255 e. The van der Waals surface area contributed by atoms with Crippen molar-refractivity contribution in [1.82, 2.24) is 10.6 Å². The molecule has 1 atom stereocenters. The summed E-state index contributed by atoms with van der Waals surface area (Å²) in [5.74, 6) is -0.106. The quantitative estimate of drug-likeness (QED) is 0.864. The van der Waals surface area contributed by atoms with Crippen LogP contribution in [0.15, 0.2) is 22.7 Å². The normalized spacial score (nSPS) is 11.6. The van der Waals surface area contributed by atoms with Gasteiger partial charge in [-0.15, -0.1) is 0 Å². The maximum absolute atomic E-state index is 12.1. The summed E-state index contributed by atoms with van der Waals surface area (Å²) in [7, 11) is 1.49. The van der Waals surface area contributed by atoms with Crippen molar-refractivity contribution in [3.63, 3.8) is 0 Å². The van der Waals surface area contributed by atoms with Crippen LogP contribution in [-0.2, 0) is 4.79 Å². The number of halogens is 1. The third kappa shape index (κ3) is 4.24. The van der Waals surface area contributed by atoms with Crippen LogP contribution in [0, 0.1) is 0 Å². The van der Waals surface area contributed by atoms with Crippen molar-refractivity contribution in [1.29, 1.82) is 0 Å². The topological polar surface area (TPSA) is 67.4 Å². The highest BCUT2D eigenvalue weighted by molar-refractivity contribution is 9.10. The molecule has 0 saturated heterocycles. The van der Waals surface area contributed by atoms with E-state index in [1.807, 2.05) is 6.92 Å². The van der Waals surface area contributed by atoms with Crippen molar-refractivity contribution in [2.45, 2.75) is 19.9 Å². The van der Waals surface area contributed by atoms with E-state index in [9.17, 15) is 9.59 Å². The number of rotatable bonds is 5. The van der Waals surface area contributed by atoms with Gasteiger partial charge in [-0.3, -0.25) is 9.59 Å². The molecule has 2 N–H and O–H groups in total. The molecule has 2 amide bonds. The van der Waals surface area contributed by atoms with Gasteiger partial charge in [-0.05, 0) is 32.0 Å². The second-order valence-corrected chi connectivity index (χ2v) is 4.85. The maximum atomic E-state index is 12.1. The summed E-state index contributed by atoms with van der Waals surface area (Å²) < 4.78 is 5.96. The van der Waals surface area contributed by atoms with Crippen LogP contribution in [0.1, 0.15) is 24.2 Å². The first kappa shape index (κ1) is 15.5. The summed E-state index contributed by atoms with van der Waals surface area (Å²) in [4.78, 5) is 23.6. The Morgan fingerprint density at radius 1 is 1.42 bits per heavy atom. The van der Waals surface area contributed by atoms with Crippen molar-refractivity contribution in [3.05, 3.63) is 28.2 Å². The van der Waals surface area contributed by atoms with Gasteiger partial charge in [-0.2, -0.15) is 0 Å². The van der Waals surface area contributed by atoms with Crippen molar-refractivity contribution < 1.29 is 14.3 Å². The summed E-state index contributed by atoms with van der Waals surface area (Å²) in [5.41, 5.74) is 0.391. The number of hydrogen-bond acceptors (Lipinski definition) is 3. The average Bonchev–Trinajstić information content (AvgIpc) is 2.38. The van der Waals surface area contributed by atoms with Crippen molar-refractivity contribution in [3.8, 4) is 5.75 Å². The standard InChI is InChI=1S/C13H17BrN2O3/c1-4-15-12(17)8(2)16-13(18)10-6-5-9(14)7-11(10)19-3/h5-8H,4H2,1-3H3,(H,15,17)(H,16,18). The minimum absolute atomic E-state index is 0.216. The van der Waals surface area contributed by atoms with Gasteiger partial charge in [0.2, 0.25) is 5.91 Å². The Hall–Kier alpha value is -1.56. The molecule has 1 unspecified atom stereocenters. The van der Waals surface area contributed by atoms with Gasteiger partial charge in [0.15, 0.2) is 0 Å². The lowest BCUT2D eigenvalue weighted by atomic mass is 10.1. The summed E-state index contributed by atoms with van der Waals surface area (Å²) in [6, 6.07) is 4.49. The SMILES string of the molecule is CCNC(=O)C(C)NC(=O)c1ccc(Br)cc1OC. The Labute approximate surface area is 120 Å². The smallest absolute Gasteiger partial charge is 0.255 e. The number of amides is 2. The van der Waals surface area contributed by atoms with Gasteiger partial charge >= 0.3 is 0 Å². The van der Waals surface area contributed by atoms with Gasteiger partial charge in [0, 0.05) is 11.0 Å². The van der Waals surface area contributed by atoms with Crippen LogP contribution in [0.4, 0.5) is 0 Å². The van der Waals surface area contributed by atoms with Gasteiger partial charge in [0.25, 0.3) is 5.91 Å². The van der Waals surface area contributed by atoms with Crippen LogP contribution in [0.2, 0.25) is 0 Å². The number of nitrogens with one attached hydrogen (secondary N) is 2. The van der Waals surface area contributed by atoms with Crippen molar-refractivity contribution in [2.24, 2.45) is 0 Å². The molecule has 0 aliphatic rings. The zero-order valence-electron chi connectivity index (χ0n) is 11.1. The number of carbonyl (C=O) groups excluding carboxylic acids is 2. The third-order valence-electron chi connectivity index (χ3n) is 2.50. The highest BCUT2D eigenvalue weighted by Crippen LogP contribution is 2.23. The first-order valence-corrected chi connectivity index (χ1v) is 6.71. The molecule has 0 aliphatic heterocycles. The molecular formula is C13H17BrN2O3. The van der Waals surface area contributed by atoms with E-state index in [0.29, 0.717) is 17.9 Å². The average molecular weight is 329 g/mol. The molecule has 0 heterocycles. The minimum Gasteiger partial charge on any atom is -0.496 e. The zero-order chi connectivity index (χ0) is 14.4. The summed E-state index contributed by atoms with van der Waals surface area (Å²) in [6.07, 6.45) is 0. The van der Waals surface area contributed by atoms with Gasteiger partial charge in [0.1, 0.15) is 11.8 Å². The predicted octanol–water partition coefficient (Wildman–Crippen LogP) is 1.71. The molecular weight excluding hydrogens is 312 g/mol. The Bertz CT molecular complexity index is 477. The zero-order valence-corrected chi connectivity index (χ0v) is 12.7. The lowest BCUT2D eigenvalue weighted by molar-refractivity contribution is -0.122. The van der Waals surface area contributed by atoms with Crippen molar-refractivity contribution >= 4 is 27.7 Å². The van der Waals surface area contributed by atoms with E-state index < -0.39 is 6.04 Å². The fourth-order valence-electron chi connectivity index (χ4n) is 1.52. The molecule has 104 valence electrons. The third-order valence-corrected chi connectivity index (χ3v) is 2.99. The molecule has 19 heavy (non-hydrogen) atoms. The van der Waals surface area contributed by atoms with Gasteiger partial charge in [0.05, 0.1) is 12.7 Å². The Morgan fingerprint density at radius 2 is 2.11 bits per heavy atom. The van der Waals surface area contributed by atoms with Crippen LogP contribution in [0.3, 0.4) is 0 Å². The molecule has 0 aromatic heterocycles. The molecule has 0 spiro atoms. The largest absolute Gasteiger partial charge is 0.496 e. The van der Waals surface area contributed by atoms with E-state index in [1.165, 1.54) is 7.11 Å². The lowest BCUT2D eigenvalue weighted by Gasteiger charge is -2.14. The van der Waals surface area contributed by atoms with Gasteiger partial charge < -0.3 is 15.4 Å².